The minimum Gasteiger partial charge on any atom is -0.480 e. The number of hydrogen-bond donors (Lipinski definition) is 2. The molecule has 0 aromatic heterocycles. The molecular weight excluding hydrogens is 436 g/mol. The molecule has 1 aliphatic carbocycles. The van der Waals surface area contributed by atoms with E-state index in [1.165, 1.54) is 14.2 Å². The SMILES string of the molecule is COCCC(=O)NCCCC[C@@H](C(=O)O)N(C)C(=O)OCC1c2ccccc2-c2ccccc21. The van der Waals surface area contributed by atoms with Gasteiger partial charge in [-0.05, 0) is 41.5 Å². The van der Waals surface area contributed by atoms with Crippen LogP contribution in [-0.2, 0) is 19.1 Å². The Labute approximate surface area is 199 Å². The molecule has 34 heavy (non-hydrogen) atoms. The summed E-state index contributed by atoms with van der Waals surface area (Å²) in [5.74, 6) is -1.28. The van der Waals surface area contributed by atoms with Crippen molar-refractivity contribution >= 4 is 18.0 Å². The predicted octanol–water partition coefficient (Wildman–Crippen LogP) is 3.64. The third-order valence-corrected chi connectivity index (χ3v) is 6.14. The summed E-state index contributed by atoms with van der Waals surface area (Å²) >= 11 is 0. The van der Waals surface area contributed by atoms with Crippen LogP contribution in [0.25, 0.3) is 11.1 Å². The molecule has 1 atom stereocenters. The Balaban J connectivity index is 1.51. The van der Waals surface area contributed by atoms with E-state index >= 15 is 0 Å². The van der Waals surface area contributed by atoms with E-state index in [1.54, 1.807) is 0 Å². The number of nitrogens with zero attached hydrogens (tertiary/aromatic N) is 1. The second-order valence-electron chi connectivity index (χ2n) is 8.36. The van der Waals surface area contributed by atoms with Gasteiger partial charge in [0.2, 0.25) is 5.91 Å². The van der Waals surface area contributed by atoms with E-state index in [1.807, 2.05) is 36.4 Å². The van der Waals surface area contributed by atoms with Crippen LogP contribution in [0.15, 0.2) is 48.5 Å². The molecule has 0 radical (unpaired) electrons. The number of ether oxygens (including phenoxy) is 2. The summed E-state index contributed by atoms with van der Waals surface area (Å²) in [6, 6.07) is 15.1. The number of fused-ring (bicyclic) bond motifs is 3. The quantitative estimate of drug-likeness (QED) is 0.461. The van der Waals surface area contributed by atoms with Crippen molar-refractivity contribution in [3.8, 4) is 11.1 Å². The molecule has 0 fully saturated rings. The number of carbonyl (C=O) groups is 3. The topological polar surface area (TPSA) is 105 Å². The van der Waals surface area contributed by atoms with Crippen molar-refractivity contribution in [3.63, 3.8) is 0 Å². The van der Waals surface area contributed by atoms with Crippen molar-refractivity contribution in [1.82, 2.24) is 10.2 Å². The van der Waals surface area contributed by atoms with Crippen LogP contribution in [0.4, 0.5) is 4.79 Å². The molecule has 8 nitrogen and oxygen atoms in total. The highest BCUT2D eigenvalue weighted by Crippen LogP contribution is 2.44. The van der Waals surface area contributed by atoms with Gasteiger partial charge in [-0.1, -0.05) is 48.5 Å². The normalized spacial score (nSPS) is 13.0. The largest absolute Gasteiger partial charge is 0.480 e. The molecule has 0 saturated heterocycles. The number of benzene rings is 2. The lowest BCUT2D eigenvalue weighted by molar-refractivity contribution is -0.142. The highest BCUT2D eigenvalue weighted by molar-refractivity contribution is 5.81. The molecule has 2 aromatic carbocycles. The van der Waals surface area contributed by atoms with Crippen LogP contribution >= 0.6 is 0 Å². The van der Waals surface area contributed by atoms with Crippen molar-refractivity contribution in [2.45, 2.75) is 37.6 Å². The van der Waals surface area contributed by atoms with Crippen LogP contribution in [0.1, 0.15) is 42.7 Å². The Hall–Kier alpha value is -3.39. The Morgan fingerprint density at radius 2 is 1.65 bits per heavy atom. The van der Waals surface area contributed by atoms with Gasteiger partial charge in [-0.25, -0.2) is 9.59 Å². The third kappa shape index (κ3) is 6.14. The number of unbranched alkanes of at least 4 members (excludes halogenated alkanes) is 1. The Morgan fingerprint density at radius 1 is 1.03 bits per heavy atom. The van der Waals surface area contributed by atoms with Crippen LogP contribution in [-0.4, -0.2) is 67.9 Å². The molecule has 0 unspecified atom stereocenters. The lowest BCUT2D eigenvalue weighted by atomic mass is 9.98. The zero-order valence-electron chi connectivity index (χ0n) is 19.7. The Morgan fingerprint density at radius 3 is 2.24 bits per heavy atom. The first-order chi connectivity index (χ1) is 16.4. The summed E-state index contributed by atoms with van der Waals surface area (Å²) in [6.45, 7) is 0.943. The lowest BCUT2D eigenvalue weighted by Crippen LogP contribution is -2.43. The summed E-state index contributed by atoms with van der Waals surface area (Å²) in [5, 5.41) is 12.4. The van der Waals surface area contributed by atoms with Crippen molar-refractivity contribution in [2.24, 2.45) is 0 Å². The molecule has 3 rings (SSSR count). The van der Waals surface area contributed by atoms with Gasteiger partial charge in [0.05, 0.1) is 6.61 Å². The maximum atomic E-state index is 12.7. The maximum Gasteiger partial charge on any atom is 0.410 e. The van der Waals surface area contributed by atoms with E-state index in [-0.39, 0.29) is 24.9 Å². The number of likely N-dealkylation sites (N-methyl/N-ethyl adjacent to an activating group) is 1. The molecule has 0 saturated carbocycles. The summed E-state index contributed by atoms with van der Waals surface area (Å²) in [5.41, 5.74) is 4.46. The minimum atomic E-state index is -1.08. The number of hydrogen-bond acceptors (Lipinski definition) is 5. The molecule has 0 spiro atoms. The van der Waals surface area contributed by atoms with Crippen LogP contribution in [0.3, 0.4) is 0 Å². The van der Waals surface area contributed by atoms with E-state index in [9.17, 15) is 19.5 Å². The molecule has 2 amide bonds. The standard InChI is InChI=1S/C26H32N2O6/c1-28(23(25(30)31)13-7-8-15-27-24(29)14-16-33-2)26(32)34-17-22-20-11-5-3-9-18(20)19-10-4-6-12-21(19)22/h3-6,9-12,22-23H,7-8,13-17H2,1-2H3,(H,27,29)(H,30,31)/t23-/m0/s1. The van der Waals surface area contributed by atoms with Gasteiger partial charge in [0.25, 0.3) is 0 Å². The fourth-order valence-electron chi connectivity index (χ4n) is 4.28. The van der Waals surface area contributed by atoms with Crippen LogP contribution in [0.5, 0.6) is 0 Å². The van der Waals surface area contributed by atoms with E-state index in [4.69, 9.17) is 9.47 Å². The van der Waals surface area contributed by atoms with E-state index in [0.717, 1.165) is 27.2 Å². The zero-order chi connectivity index (χ0) is 24.5. The van der Waals surface area contributed by atoms with Gasteiger partial charge in [-0.15, -0.1) is 0 Å². The van der Waals surface area contributed by atoms with Crippen molar-refractivity contribution in [1.29, 1.82) is 0 Å². The maximum absolute atomic E-state index is 12.7. The number of rotatable bonds is 12. The van der Waals surface area contributed by atoms with Crippen LogP contribution in [0, 0.1) is 0 Å². The van der Waals surface area contributed by atoms with Crippen molar-refractivity contribution in [3.05, 3.63) is 59.7 Å². The number of carbonyl (C=O) groups excluding carboxylic acids is 2. The smallest absolute Gasteiger partial charge is 0.410 e. The van der Waals surface area contributed by atoms with E-state index < -0.39 is 18.1 Å². The molecule has 0 aliphatic heterocycles. The van der Waals surface area contributed by atoms with Gasteiger partial charge in [0, 0.05) is 33.0 Å². The predicted molar refractivity (Wildman–Crippen MR) is 128 cm³/mol. The van der Waals surface area contributed by atoms with Crippen molar-refractivity contribution in [2.75, 3.05) is 33.9 Å². The first kappa shape index (κ1) is 25.2. The summed E-state index contributed by atoms with van der Waals surface area (Å²) in [7, 11) is 2.98. The Kier molecular flexibility index (Phi) is 9.04. The van der Waals surface area contributed by atoms with E-state index in [2.05, 4.69) is 17.4 Å². The molecule has 0 heterocycles. The number of methoxy groups -OCH3 is 1. The van der Waals surface area contributed by atoms with E-state index in [0.29, 0.717) is 32.4 Å². The number of nitrogens with one attached hydrogen (secondary N) is 1. The number of carboxylic acid groups (broad SMARTS) is 1. The fraction of sp³-hybridized carbons (Fsp3) is 0.423. The molecule has 2 N–H and O–H groups in total. The highest BCUT2D eigenvalue weighted by atomic mass is 16.6. The second kappa shape index (κ2) is 12.2. The third-order valence-electron chi connectivity index (χ3n) is 6.14. The fourth-order valence-corrected chi connectivity index (χ4v) is 4.28. The zero-order valence-corrected chi connectivity index (χ0v) is 19.7. The monoisotopic (exact) mass is 468 g/mol. The molecular formula is C26H32N2O6. The molecule has 182 valence electrons. The van der Waals surface area contributed by atoms with Gasteiger partial charge in [0.15, 0.2) is 0 Å². The molecule has 8 heteroatoms. The van der Waals surface area contributed by atoms with Crippen LogP contribution < -0.4 is 5.32 Å². The van der Waals surface area contributed by atoms with Gasteiger partial charge in [0.1, 0.15) is 12.6 Å². The van der Waals surface area contributed by atoms with Gasteiger partial charge in [-0.2, -0.15) is 0 Å². The Bertz CT molecular complexity index is 963. The van der Waals surface area contributed by atoms with Gasteiger partial charge in [-0.3, -0.25) is 9.69 Å². The second-order valence-corrected chi connectivity index (χ2v) is 8.36. The summed E-state index contributed by atoms with van der Waals surface area (Å²) < 4.78 is 10.4. The number of amides is 2. The van der Waals surface area contributed by atoms with Crippen LogP contribution in [0.2, 0.25) is 0 Å². The number of carboxylic acids is 1. The minimum absolute atomic E-state index is 0.0882. The average molecular weight is 469 g/mol. The highest BCUT2D eigenvalue weighted by Gasteiger charge is 2.31. The first-order valence-corrected chi connectivity index (χ1v) is 11.5. The molecule has 0 bridgehead atoms. The van der Waals surface area contributed by atoms with Gasteiger partial charge >= 0.3 is 12.1 Å². The number of aliphatic carboxylic acids is 1. The molecule has 1 aliphatic rings. The summed E-state index contributed by atoms with van der Waals surface area (Å²) in [6.07, 6.45) is 1.05. The van der Waals surface area contributed by atoms with Crippen molar-refractivity contribution < 1.29 is 29.0 Å². The lowest BCUT2D eigenvalue weighted by Gasteiger charge is -2.25. The van der Waals surface area contributed by atoms with Gasteiger partial charge < -0.3 is 19.9 Å². The first-order valence-electron chi connectivity index (χ1n) is 11.5. The summed E-state index contributed by atoms with van der Waals surface area (Å²) in [4.78, 5) is 37.2. The average Bonchev–Trinajstić information content (AvgIpc) is 3.16. The molecule has 2 aromatic rings.